The lowest BCUT2D eigenvalue weighted by Crippen LogP contribution is -2.05. The van der Waals surface area contributed by atoms with Gasteiger partial charge in [0.2, 0.25) is 0 Å². The molecule has 3 heteroatoms. The number of esters is 1. The van der Waals surface area contributed by atoms with E-state index in [1.807, 2.05) is 19.1 Å². The third-order valence-corrected chi connectivity index (χ3v) is 2.91. The molecule has 0 fully saturated rings. The van der Waals surface area contributed by atoms with Crippen LogP contribution < -0.4 is 4.74 Å². The summed E-state index contributed by atoms with van der Waals surface area (Å²) < 4.78 is 5.15. The van der Waals surface area contributed by atoms with Crippen molar-refractivity contribution >= 4 is 5.97 Å². The molecular formula is C15H22O3. The number of carbonyl (C=O) groups excluding carboxylic acids is 1. The number of hydrogen-bond donors (Lipinski definition) is 1. The molecule has 0 radical (unpaired) electrons. The molecule has 18 heavy (non-hydrogen) atoms. The van der Waals surface area contributed by atoms with Gasteiger partial charge in [0.1, 0.15) is 5.75 Å². The lowest BCUT2D eigenvalue weighted by Gasteiger charge is -2.13. The Morgan fingerprint density at radius 1 is 1.39 bits per heavy atom. The molecule has 3 nitrogen and oxygen atoms in total. The van der Waals surface area contributed by atoms with Crippen LogP contribution in [0.5, 0.6) is 5.75 Å². The Labute approximate surface area is 109 Å². The highest BCUT2D eigenvalue weighted by molar-refractivity contribution is 5.69. The number of unbranched alkanes of at least 4 members (excludes halogenated alkanes) is 1. The van der Waals surface area contributed by atoms with E-state index in [1.165, 1.54) is 6.92 Å². The Kier molecular flexibility index (Phi) is 5.86. The van der Waals surface area contributed by atoms with Gasteiger partial charge < -0.3 is 9.84 Å². The Hall–Kier alpha value is -1.35. The van der Waals surface area contributed by atoms with E-state index in [-0.39, 0.29) is 18.5 Å². The zero-order valence-electron chi connectivity index (χ0n) is 11.4. The zero-order chi connectivity index (χ0) is 13.5. The molecule has 0 spiro atoms. The van der Waals surface area contributed by atoms with Gasteiger partial charge in [0.25, 0.3) is 0 Å². The molecule has 1 aromatic rings. The van der Waals surface area contributed by atoms with Crippen molar-refractivity contribution in [3.63, 3.8) is 0 Å². The van der Waals surface area contributed by atoms with E-state index >= 15 is 0 Å². The molecular weight excluding hydrogens is 228 g/mol. The smallest absolute Gasteiger partial charge is 0.308 e. The van der Waals surface area contributed by atoms with Crippen molar-refractivity contribution in [2.24, 2.45) is 0 Å². The van der Waals surface area contributed by atoms with Crippen LogP contribution in [0.1, 0.15) is 50.7 Å². The first-order chi connectivity index (χ1) is 8.56. The first kappa shape index (κ1) is 14.7. The summed E-state index contributed by atoms with van der Waals surface area (Å²) in [6, 6.07) is 5.83. The molecule has 100 valence electrons. The third kappa shape index (κ3) is 4.49. The highest BCUT2D eigenvalue weighted by Gasteiger charge is 2.09. The van der Waals surface area contributed by atoms with E-state index in [0.29, 0.717) is 5.75 Å². The largest absolute Gasteiger partial charge is 0.427 e. The van der Waals surface area contributed by atoms with Crippen LogP contribution in [0.3, 0.4) is 0 Å². The van der Waals surface area contributed by atoms with Crippen LogP contribution in [0.4, 0.5) is 0 Å². The first-order valence-corrected chi connectivity index (χ1v) is 6.50. The molecule has 0 saturated heterocycles. The minimum Gasteiger partial charge on any atom is -0.427 e. The van der Waals surface area contributed by atoms with Gasteiger partial charge in [-0.25, -0.2) is 0 Å². The van der Waals surface area contributed by atoms with Crippen molar-refractivity contribution < 1.29 is 14.6 Å². The normalized spacial score (nSPS) is 12.2. The molecule has 1 rings (SSSR count). The summed E-state index contributed by atoms with van der Waals surface area (Å²) in [4.78, 5) is 11.0. The van der Waals surface area contributed by atoms with Gasteiger partial charge in [-0.2, -0.15) is 0 Å². The maximum atomic E-state index is 11.0. The summed E-state index contributed by atoms with van der Waals surface area (Å²) in [5, 5.41) is 9.22. The number of hydrogen-bond acceptors (Lipinski definition) is 3. The number of aryl methyl sites for hydroxylation is 1. The quantitative estimate of drug-likeness (QED) is 0.623. The topological polar surface area (TPSA) is 46.5 Å². The monoisotopic (exact) mass is 250 g/mol. The number of aliphatic hydroxyl groups excluding tert-OH is 1. The molecule has 1 unspecified atom stereocenters. The van der Waals surface area contributed by atoms with Gasteiger partial charge in [0.15, 0.2) is 0 Å². The highest BCUT2D eigenvalue weighted by atomic mass is 16.5. The number of carbonyl (C=O) groups is 1. The number of benzene rings is 1. The van der Waals surface area contributed by atoms with Crippen LogP contribution in [-0.2, 0) is 11.2 Å². The summed E-state index contributed by atoms with van der Waals surface area (Å²) in [6.45, 7) is 5.59. The van der Waals surface area contributed by atoms with Crippen LogP contribution >= 0.6 is 0 Å². The van der Waals surface area contributed by atoms with Crippen LogP contribution in [-0.4, -0.2) is 17.7 Å². The minimum atomic E-state index is -0.315. The minimum absolute atomic E-state index is 0.0564. The van der Waals surface area contributed by atoms with Crippen LogP contribution in [0.25, 0.3) is 0 Å². The third-order valence-electron chi connectivity index (χ3n) is 2.91. The predicted octanol–water partition coefficient (Wildman–Crippen LogP) is 3.05. The molecule has 0 bridgehead atoms. The maximum Gasteiger partial charge on any atom is 0.308 e. The second-order valence-electron chi connectivity index (χ2n) is 4.69. The van der Waals surface area contributed by atoms with Gasteiger partial charge in [-0.1, -0.05) is 26.3 Å². The fourth-order valence-corrected chi connectivity index (χ4v) is 1.83. The van der Waals surface area contributed by atoms with E-state index in [2.05, 4.69) is 13.0 Å². The molecule has 0 saturated carbocycles. The molecule has 1 N–H and O–H groups in total. The Morgan fingerprint density at radius 2 is 2.11 bits per heavy atom. The molecule has 0 heterocycles. The number of ether oxygens (including phenoxy) is 1. The van der Waals surface area contributed by atoms with Crippen molar-refractivity contribution in [2.45, 2.75) is 46.0 Å². The summed E-state index contributed by atoms with van der Waals surface area (Å²) in [5.74, 6) is 0.317. The van der Waals surface area contributed by atoms with Crippen molar-refractivity contribution in [3.8, 4) is 5.75 Å². The fourth-order valence-electron chi connectivity index (χ4n) is 1.83. The average molecular weight is 250 g/mol. The van der Waals surface area contributed by atoms with Gasteiger partial charge in [-0.3, -0.25) is 4.79 Å². The predicted molar refractivity (Wildman–Crippen MR) is 71.9 cm³/mol. The number of rotatable bonds is 6. The van der Waals surface area contributed by atoms with E-state index < -0.39 is 0 Å². The lowest BCUT2D eigenvalue weighted by molar-refractivity contribution is -0.131. The second-order valence-corrected chi connectivity index (χ2v) is 4.69. The Bertz CT molecular complexity index is 399. The van der Waals surface area contributed by atoms with Crippen LogP contribution in [0.2, 0.25) is 0 Å². The molecule has 0 aliphatic carbocycles. The molecule has 0 aromatic heterocycles. The van der Waals surface area contributed by atoms with Crippen molar-refractivity contribution in [1.82, 2.24) is 0 Å². The number of aliphatic hydroxyl groups is 1. The summed E-state index contributed by atoms with van der Waals surface area (Å²) in [5.41, 5.74) is 2.17. The zero-order valence-corrected chi connectivity index (χ0v) is 11.4. The molecule has 1 atom stereocenters. The van der Waals surface area contributed by atoms with E-state index in [1.54, 1.807) is 0 Å². The highest BCUT2D eigenvalue weighted by Crippen LogP contribution is 2.24. The van der Waals surface area contributed by atoms with Gasteiger partial charge in [-0.15, -0.1) is 0 Å². The van der Waals surface area contributed by atoms with Crippen LogP contribution in [0.15, 0.2) is 18.2 Å². The molecule has 1 aromatic carbocycles. The summed E-state index contributed by atoms with van der Waals surface area (Å²) in [6.07, 6.45) is 3.20. The average Bonchev–Trinajstić information content (AvgIpc) is 2.34. The maximum absolute atomic E-state index is 11.0. The molecule has 0 aliphatic heterocycles. The van der Waals surface area contributed by atoms with E-state index in [9.17, 15) is 9.90 Å². The molecule has 0 aliphatic rings. The first-order valence-electron chi connectivity index (χ1n) is 6.50. The lowest BCUT2D eigenvalue weighted by atomic mass is 9.97. The Morgan fingerprint density at radius 3 is 2.67 bits per heavy atom. The second kappa shape index (κ2) is 7.17. The fraction of sp³-hybridized carbons (Fsp3) is 0.533. The van der Waals surface area contributed by atoms with E-state index in [0.717, 1.165) is 30.4 Å². The standard InChI is InChI=1S/C15H22O3/c1-4-5-6-13-7-14(11(2)10-16)9-15(8-13)18-12(3)17/h7-9,11,16H,4-6,10H2,1-3H3. The SMILES string of the molecule is CCCCc1cc(OC(C)=O)cc(C(C)CO)c1. The summed E-state index contributed by atoms with van der Waals surface area (Å²) in [7, 11) is 0. The Balaban J connectivity index is 2.99. The van der Waals surface area contributed by atoms with Gasteiger partial charge in [-0.05, 0) is 36.1 Å². The molecule has 0 amide bonds. The van der Waals surface area contributed by atoms with Gasteiger partial charge in [0, 0.05) is 19.4 Å². The van der Waals surface area contributed by atoms with Gasteiger partial charge >= 0.3 is 5.97 Å². The van der Waals surface area contributed by atoms with Crippen molar-refractivity contribution in [2.75, 3.05) is 6.61 Å². The van der Waals surface area contributed by atoms with E-state index in [4.69, 9.17) is 4.74 Å². The summed E-state index contributed by atoms with van der Waals surface area (Å²) >= 11 is 0. The van der Waals surface area contributed by atoms with Crippen LogP contribution in [0, 0.1) is 0 Å². The van der Waals surface area contributed by atoms with Gasteiger partial charge in [0.05, 0.1) is 0 Å². The van der Waals surface area contributed by atoms with Crippen molar-refractivity contribution in [1.29, 1.82) is 0 Å². The van der Waals surface area contributed by atoms with Crippen molar-refractivity contribution in [3.05, 3.63) is 29.3 Å².